The van der Waals surface area contributed by atoms with Crippen molar-refractivity contribution in [2.45, 2.75) is 12.5 Å². The van der Waals surface area contributed by atoms with Gasteiger partial charge < -0.3 is 16.2 Å². The number of nitrogens with zero attached hydrogens (tertiary/aromatic N) is 1. The van der Waals surface area contributed by atoms with E-state index in [2.05, 4.69) is 5.32 Å². The third kappa shape index (κ3) is 5.57. The summed E-state index contributed by atoms with van der Waals surface area (Å²) in [6.07, 6.45) is 2.06. The number of carbonyl (C=O) groups is 3. The number of benzene rings is 1. The SMILES string of the molecule is N#Cc1cccc(C=CC(=O)N[C@@H](CC(N)=O)C(=O)O)c1. The Labute approximate surface area is 120 Å². The van der Waals surface area contributed by atoms with Gasteiger partial charge in [-0.3, -0.25) is 9.59 Å². The van der Waals surface area contributed by atoms with Crippen molar-refractivity contribution in [1.29, 1.82) is 5.26 Å². The number of carboxylic acids is 1. The first-order valence-electron chi connectivity index (χ1n) is 5.92. The first-order valence-corrected chi connectivity index (χ1v) is 5.92. The first kappa shape index (κ1) is 15.9. The van der Waals surface area contributed by atoms with Crippen LogP contribution in [0.25, 0.3) is 6.08 Å². The summed E-state index contributed by atoms with van der Waals surface area (Å²) in [4.78, 5) is 33.1. The van der Waals surface area contributed by atoms with Gasteiger partial charge in [0, 0.05) is 6.08 Å². The minimum absolute atomic E-state index is 0.440. The van der Waals surface area contributed by atoms with Crippen molar-refractivity contribution in [3.8, 4) is 6.07 Å². The summed E-state index contributed by atoms with van der Waals surface area (Å²) < 4.78 is 0. The van der Waals surface area contributed by atoms with Gasteiger partial charge in [0.25, 0.3) is 0 Å². The van der Waals surface area contributed by atoms with Gasteiger partial charge in [-0.25, -0.2) is 4.79 Å². The topological polar surface area (TPSA) is 133 Å². The number of amides is 2. The van der Waals surface area contributed by atoms with Crippen LogP contribution in [-0.2, 0) is 14.4 Å². The van der Waals surface area contributed by atoms with Crippen molar-refractivity contribution < 1.29 is 19.5 Å². The fraction of sp³-hybridized carbons (Fsp3) is 0.143. The molecule has 1 rings (SSSR count). The number of carboxylic acid groups (broad SMARTS) is 1. The molecule has 0 aliphatic rings. The molecule has 0 fully saturated rings. The zero-order chi connectivity index (χ0) is 15.8. The average Bonchev–Trinajstić information content (AvgIpc) is 2.44. The molecule has 1 aromatic rings. The number of primary amides is 1. The second-order valence-electron chi connectivity index (χ2n) is 4.14. The Morgan fingerprint density at radius 3 is 2.71 bits per heavy atom. The summed E-state index contributed by atoms with van der Waals surface area (Å²) in [6.45, 7) is 0. The molecule has 21 heavy (non-hydrogen) atoms. The van der Waals surface area contributed by atoms with E-state index in [4.69, 9.17) is 16.1 Å². The van der Waals surface area contributed by atoms with Crippen molar-refractivity contribution >= 4 is 23.9 Å². The third-order valence-electron chi connectivity index (χ3n) is 2.46. The van der Waals surface area contributed by atoms with Gasteiger partial charge in [-0.05, 0) is 23.8 Å². The highest BCUT2D eigenvalue weighted by molar-refractivity contribution is 5.95. The summed E-state index contributed by atoms with van der Waals surface area (Å²) in [5, 5.41) is 19.7. The van der Waals surface area contributed by atoms with Crippen molar-refractivity contribution in [3.63, 3.8) is 0 Å². The van der Waals surface area contributed by atoms with Gasteiger partial charge >= 0.3 is 5.97 Å². The normalized spacial score (nSPS) is 11.6. The van der Waals surface area contributed by atoms with E-state index in [1.54, 1.807) is 24.3 Å². The molecule has 7 heteroatoms. The minimum Gasteiger partial charge on any atom is -0.480 e. The number of hydrogen-bond donors (Lipinski definition) is 3. The molecule has 0 saturated heterocycles. The second kappa shape index (κ2) is 7.45. The maximum absolute atomic E-state index is 11.6. The fourth-order valence-corrected chi connectivity index (χ4v) is 1.50. The molecule has 1 aromatic carbocycles. The van der Waals surface area contributed by atoms with Crippen molar-refractivity contribution in [3.05, 3.63) is 41.5 Å². The molecule has 1 atom stereocenters. The zero-order valence-electron chi connectivity index (χ0n) is 10.9. The molecule has 0 aliphatic carbocycles. The smallest absolute Gasteiger partial charge is 0.326 e. The number of aliphatic carboxylic acids is 1. The van der Waals surface area contributed by atoms with Crippen LogP contribution in [0, 0.1) is 11.3 Å². The van der Waals surface area contributed by atoms with E-state index in [0.717, 1.165) is 6.08 Å². The Bertz CT molecular complexity index is 631. The molecule has 108 valence electrons. The van der Waals surface area contributed by atoms with E-state index in [1.807, 2.05) is 6.07 Å². The molecule has 0 aromatic heterocycles. The van der Waals surface area contributed by atoms with Crippen LogP contribution in [0.4, 0.5) is 0 Å². The number of nitrogens with one attached hydrogen (secondary N) is 1. The van der Waals surface area contributed by atoms with Crippen LogP contribution in [0.5, 0.6) is 0 Å². The highest BCUT2D eigenvalue weighted by atomic mass is 16.4. The van der Waals surface area contributed by atoms with Crippen LogP contribution < -0.4 is 11.1 Å². The molecule has 0 radical (unpaired) electrons. The van der Waals surface area contributed by atoms with Crippen molar-refractivity contribution in [2.75, 3.05) is 0 Å². The van der Waals surface area contributed by atoms with Gasteiger partial charge in [-0.15, -0.1) is 0 Å². The Morgan fingerprint density at radius 2 is 2.14 bits per heavy atom. The zero-order valence-corrected chi connectivity index (χ0v) is 10.9. The van der Waals surface area contributed by atoms with E-state index in [0.29, 0.717) is 11.1 Å². The summed E-state index contributed by atoms with van der Waals surface area (Å²) in [6, 6.07) is 7.12. The van der Waals surface area contributed by atoms with Gasteiger partial charge in [0.05, 0.1) is 18.1 Å². The van der Waals surface area contributed by atoms with E-state index in [1.165, 1.54) is 6.08 Å². The quantitative estimate of drug-likeness (QED) is 0.634. The molecule has 2 amide bonds. The van der Waals surface area contributed by atoms with Crippen LogP contribution >= 0.6 is 0 Å². The third-order valence-corrected chi connectivity index (χ3v) is 2.46. The lowest BCUT2D eigenvalue weighted by Gasteiger charge is -2.10. The molecule has 7 nitrogen and oxygen atoms in total. The maximum atomic E-state index is 11.6. The predicted octanol–water partition coefficient (Wildman–Crippen LogP) is 0.0163. The van der Waals surface area contributed by atoms with Gasteiger partial charge in [0.1, 0.15) is 6.04 Å². The summed E-state index contributed by atoms with van der Waals surface area (Å²) in [5.74, 6) is -2.85. The van der Waals surface area contributed by atoms with E-state index >= 15 is 0 Å². The molecular weight excluding hydrogens is 274 g/mol. The van der Waals surface area contributed by atoms with Gasteiger partial charge in [0.15, 0.2) is 0 Å². The summed E-state index contributed by atoms with van der Waals surface area (Å²) >= 11 is 0. The first-order chi connectivity index (χ1) is 9.92. The van der Waals surface area contributed by atoms with E-state index < -0.39 is 30.2 Å². The van der Waals surface area contributed by atoms with E-state index in [9.17, 15) is 14.4 Å². The number of nitrogens with two attached hydrogens (primary N) is 1. The highest BCUT2D eigenvalue weighted by Gasteiger charge is 2.20. The lowest BCUT2D eigenvalue weighted by Crippen LogP contribution is -2.42. The van der Waals surface area contributed by atoms with Crippen LogP contribution in [0.1, 0.15) is 17.5 Å². The molecule has 4 N–H and O–H groups in total. The van der Waals surface area contributed by atoms with E-state index in [-0.39, 0.29) is 0 Å². The lowest BCUT2D eigenvalue weighted by atomic mass is 10.1. The highest BCUT2D eigenvalue weighted by Crippen LogP contribution is 2.06. The maximum Gasteiger partial charge on any atom is 0.326 e. The molecule has 0 aliphatic heterocycles. The Kier molecular flexibility index (Phi) is 5.65. The van der Waals surface area contributed by atoms with Crippen LogP contribution in [0.15, 0.2) is 30.3 Å². The molecular formula is C14H13N3O4. The summed E-state index contributed by atoms with van der Waals surface area (Å²) in [5.41, 5.74) is 5.96. The minimum atomic E-state index is -1.37. The van der Waals surface area contributed by atoms with Crippen LogP contribution in [-0.4, -0.2) is 28.9 Å². The standard InChI is InChI=1S/C14H13N3O4/c15-8-10-3-1-2-9(6-10)4-5-13(19)17-11(14(20)21)7-12(16)18/h1-6,11H,7H2,(H2,16,18)(H,17,19)(H,20,21)/t11-/m0/s1. The molecule has 0 heterocycles. The number of hydrogen-bond acceptors (Lipinski definition) is 4. The number of rotatable bonds is 6. The Morgan fingerprint density at radius 1 is 1.43 bits per heavy atom. The largest absolute Gasteiger partial charge is 0.480 e. The Balaban J connectivity index is 2.71. The number of carbonyl (C=O) groups excluding carboxylic acids is 2. The van der Waals surface area contributed by atoms with Crippen molar-refractivity contribution in [1.82, 2.24) is 5.32 Å². The average molecular weight is 287 g/mol. The van der Waals surface area contributed by atoms with Gasteiger partial charge in [-0.2, -0.15) is 5.26 Å². The lowest BCUT2D eigenvalue weighted by molar-refractivity contribution is -0.142. The Hall–Kier alpha value is -3.14. The van der Waals surface area contributed by atoms with Crippen LogP contribution in [0.2, 0.25) is 0 Å². The van der Waals surface area contributed by atoms with Gasteiger partial charge in [0.2, 0.25) is 11.8 Å². The molecule has 0 bridgehead atoms. The molecule has 0 spiro atoms. The summed E-state index contributed by atoms with van der Waals surface area (Å²) in [7, 11) is 0. The predicted molar refractivity (Wildman–Crippen MR) is 73.6 cm³/mol. The van der Waals surface area contributed by atoms with Crippen LogP contribution in [0.3, 0.4) is 0 Å². The van der Waals surface area contributed by atoms with Crippen molar-refractivity contribution in [2.24, 2.45) is 5.73 Å². The molecule has 0 unspecified atom stereocenters. The monoisotopic (exact) mass is 287 g/mol. The second-order valence-corrected chi connectivity index (χ2v) is 4.14. The fourth-order valence-electron chi connectivity index (χ4n) is 1.50. The van der Waals surface area contributed by atoms with Gasteiger partial charge in [-0.1, -0.05) is 12.1 Å². The molecule has 0 saturated carbocycles. The number of nitriles is 1.